The molecule has 7 nitrogen and oxygen atoms in total. The molecule has 3 rings (SSSR count). The number of amides is 2. The summed E-state index contributed by atoms with van der Waals surface area (Å²) in [6.07, 6.45) is 1.11. The van der Waals surface area contributed by atoms with Crippen LogP contribution in [0.4, 0.5) is 0 Å². The van der Waals surface area contributed by atoms with Crippen LogP contribution in [-0.2, 0) is 4.79 Å². The fourth-order valence-electron chi connectivity index (χ4n) is 2.19. The van der Waals surface area contributed by atoms with Crippen LogP contribution in [0.5, 0.6) is 0 Å². The van der Waals surface area contributed by atoms with Crippen LogP contribution in [0.1, 0.15) is 26.5 Å². The lowest BCUT2D eigenvalue weighted by molar-refractivity contribution is -0.132. The van der Waals surface area contributed by atoms with Gasteiger partial charge in [0.15, 0.2) is 0 Å². The van der Waals surface area contributed by atoms with Gasteiger partial charge in [-0.3, -0.25) is 14.9 Å². The van der Waals surface area contributed by atoms with Crippen molar-refractivity contribution < 1.29 is 23.9 Å². The number of nitrogens with one attached hydrogen (secondary N) is 1. The molecule has 1 aliphatic heterocycles. The summed E-state index contributed by atoms with van der Waals surface area (Å²) in [7, 11) is 0. The minimum absolute atomic E-state index is 0.194. The van der Waals surface area contributed by atoms with E-state index in [1.807, 2.05) is 0 Å². The lowest BCUT2D eigenvalue weighted by atomic mass is 10.0. The molecule has 0 saturated carbocycles. The molecule has 0 bridgehead atoms. The van der Waals surface area contributed by atoms with Gasteiger partial charge in [-0.2, -0.15) is 5.26 Å². The second kappa shape index (κ2) is 5.27. The van der Waals surface area contributed by atoms with Crippen molar-refractivity contribution in [1.82, 2.24) is 5.32 Å². The van der Waals surface area contributed by atoms with Crippen molar-refractivity contribution in [2.45, 2.75) is 0 Å². The Balaban J connectivity index is 1.98. The summed E-state index contributed by atoms with van der Waals surface area (Å²) in [4.78, 5) is 33.9. The van der Waals surface area contributed by atoms with Gasteiger partial charge < -0.3 is 9.52 Å². The van der Waals surface area contributed by atoms with E-state index >= 15 is 0 Å². The number of carboxylic acids is 1. The van der Waals surface area contributed by atoms with Crippen molar-refractivity contribution in [2.24, 2.45) is 0 Å². The number of nitrogens with zero attached hydrogens (tertiary/aromatic N) is 1. The highest BCUT2D eigenvalue weighted by Crippen LogP contribution is 2.27. The third kappa shape index (κ3) is 2.49. The zero-order valence-electron chi connectivity index (χ0n) is 11.5. The third-order valence-corrected chi connectivity index (χ3v) is 3.28. The van der Waals surface area contributed by atoms with E-state index in [2.05, 4.69) is 5.32 Å². The van der Waals surface area contributed by atoms with Crippen molar-refractivity contribution in [3.05, 3.63) is 52.8 Å². The van der Waals surface area contributed by atoms with E-state index in [9.17, 15) is 14.4 Å². The number of hydrogen-bond donors (Lipinski definition) is 2. The molecular weight excluding hydrogens is 300 g/mol. The van der Waals surface area contributed by atoms with Gasteiger partial charge in [-0.05, 0) is 24.3 Å². The van der Waals surface area contributed by atoms with Gasteiger partial charge in [0, 0.05) is 11.6 Å². The molecule has 7 heteroatoms. The van der Waals surface area contributed by atoms with Gasteiger partial charge in [-0.25, -0.2) is 4.79 Å². The fraction of sp³-hybridized carbons (Fsp3) is 0. The first-order valence-corrected chi connectivity index (χ1v) is 6.44. The summed E-state index contributed by atoms with van der Waals surface area (Å²) < 4.78 is 5.47. The Kier molecular flexibility index (Phi) is 3.27. The van der Waals surface area contributed by atoms with Crippen molar-refractivity contribution in [3.8, 4) is 17.4 Å². The molecule has 1 aromatic heterocycles. The van der Waals surface area contributed by atoms with Crippen LogP contribution < -0.4 is 5.32 Å². The second-order valence-electron chi connectivity index (χ2n) is 4.72. The number of fused-ring (bicyclic) bond motifs is 1. The number of rotatable bonds is 3. The summed E-state index contributed by atoms with van der Waals surface area (Å²) in [5.74, 6) is -1.69. The van der Waals surface area contributed by atoms with Crippen LogP contribution in [0.25, 0.3) is 17.4 Å². The van der Waals surface area contributed by atoms with Gasteiger partial charge in [-0.1, -0.05) is 6.07 Å². The van der Waals surface area contributed by atoms with Crippen LogP contribution >= 0.6 is 0 Å². The molecule has 2 aromatic rings. The molecular formula is C16H8N2O5. The first-order chi connectivity index (χ1) is 11.0. The van der Waals surface area contributed by atoms with Gasteiger partial charge in [0.05, 0.1) is 11.1 Å². The lowest BCUT2D eigenvalue weighted by Gasteiger charge is -1.99. The number of hydrogen-bond acceptors (Lipinski definition) is 5. The maximum Gasteiger partial charge on any atom is 0.346 e. The molecule has 0 saturated heterocycles. The van der Waals surface area contributed by atoms with Crippen molar-refractivity contribution in [3.63, 3.8) is 0 Å². The largest absolute Gasteiger partial charge is 0.477 e. The van der Waals surface area contributed by atoms with Gasteiger partial charge in [0.2, 0.25) is 0 Å². The molecule has 23 heavy (non-hydrogen) atoms. The quantitative estimate of drug-likeness (QED) is 0.507. The van der Waals surface area contributed by atoms with E-state index in [0.29, 0.717) is 16.9 Å². The average molecular weight is 308 g/mol. The normalized spacial score (nSPS) is 13.4. The highest BCUT2D eigenvalue weighted by molar-refractivity contribution is 6.21. The highest BCUT2D eigenvalue weighted by atomic mass is 16.4. The fourth-order valence-corrected chi connectivity index (χ4v) is 2.19. The number of carbonyl (C=O) groups is 3. The Morgan fingerprint density at radius 3 is 2.61 bits per heavy atom. The molecule has 112 valence electrons. The molecule has 0 atom stereocenters. The van der Waals surface area contributed by atoms with E-state index in [1.54, 1.807) is 18.2 Å². The molecule has 1 aliphatic rings. The predicted octanol–water partition coefficient (Wildman–Crippen LogP) is 1.82. The van der Waals surface area contributed by atoms with Crippen molar-refractivity contribution >= 4 is 23.9 Å². The maximum atomic E-state index is 11.7. The summed E-state index contributed by atoms with van der Waals surface area (Å²) in [5, 5.41) is 19.7. The van der Waals surface area contributed by atoms with Crippen molar-refractivity contribution in [1.29, 1.82) is 5.26 Å². The van der Waals surface area contributed by atoms with Crippen LogP contribution in [0, 0.1) is 11.3 Å². The topological polar surface area (TPSA) is 120 Å². The predicted molar refractivity (Wildman–Crippen MR) is 77.2 cm³/mol. The number of carboxylic acid groups (broad SMARTS) is 1. The molecule has 2 amide bonds. The smallest absolute Gasteiger partial charge is 0.346 e. The van der Waals surface area contributed by atoms with E-state index in [-0.39, 0.29) is 11.3 Å². The number of imide groups is 1. The number of aliphatic carboxylic acids is 1. The van der Waals surface area contributed by atoms with Gasteiger partial charge in [0.1, 0.15) is 23.2 Å². The number of furan rings is 1. The second-order valence-corrected chi connectivity index (χ2v) is 4.72. The minimum Gasteiger partial charge on any atom is -0.477 e. The Hall–Kier alpha value is -3.66. The highest BCUT2D eigenvalue weighted by Gasteiger charge is 2.27. The average Bonchev–Trinajstić information content (AvgIpc) is 3.10. The Morgan fingerprint density at radius 1 is 1.17 bits per heavy atom. The Labute approximate surface area is 129 Å². The lowest BCUT2D eigenvalue weighted by Crippen LogP contribution is -2.19. The zero-order valence-corrected chi connectivity index (χ0v) is 11.5. The Morgan fingerprint density at radius 2 is 1.91 bits per heavy atom. The summed E-state index contributed by atoms with van der Waals surface area (Å²) in [6, 6.07) is 9.29. The molecule has 0 spiro atoms. The van der Waals surface area contributed by atoms with Crippen LogP contribution in [0.15, 0.2) is 40.3 Å². The first kappa shape index (κ1) is 14.3. The van der Waals surface area contributed by atoms with E-state index < -0.39 is 23.4 Å². The molecule has 2 heterocycles. The van der Waals surface area contributed by atoms with Crippen LogP contribution in [0.3, 0.4) is 0 Å². The zero-order chi connectivity index (χ0) is 16.6. The summed E-state index contributed by atoms with van der Waals surface area (Å²) in [5.41, 5.74) is 0.652. The number of carbonyl (C=O) groups excluding carboxylic acids is 2. The third-order valence-electron chi connectivity index (χ3n) is 3.28. The van der Waals surface area contributed by atoms with Crippen LogP contribution in [-0.4, -0.2) is 22.9 Å². The number of nitriles is 1. The Bertz CT molecular complexity index is 930. The molecule has 0 unspecified atom stereocenters. The van der Waals surface area contributed by atoms with Gasteiger partial charge >= 0.3 is 5.97 Å². The SMILES string of the molecule is N#C/C(=C/c1ccc(-c2ccc3c(c2)C(=O)NC3=O)o1)C(=O)O. The summed E-state index contributed by atoms with van der Waals surface area (Å²) >= 11 is 0. The van der Waals surface area contributed by atoms with Crippen LogP contribution in [0.2, 0.25) is 0 Å². The monoisotopic (exact) mass is 308 g/mol. The summed E-state index contributed by atoms with van der Waals surface area (Å²) in [6.45, 7) is 0. The van der Waals surface area contributed by atoms with E-state index in [0.717, 1.165) is 6.08 Å². The first-order valence-electron chi connectivity index (χ1n) is 6.44. The standard InChI is InChI=1S/C16H8N2O5/c17-7-9(16(21)22)5-10-2-4-13(23-10)8-1-3-11-12(6-8)15(20)18-14(11)19/h1-6H,(H,21,22)(H,18,19,20)/b9-5-. The number of benzene rings is 1. The van der Waals surface area contributed by atoms with Gasteiger partial charge in [-0.15, -0.1) is 0 Å². The molecule has 2 N–H and O–H groups in total. The molecule has 0 radical (unpaired) electrons. The molecule has 1 aromatic carbocycles. The van der Waals surface area contributed by atoms with Gasteiger partial charge in [0.25, 0.3) is 11.8 Å². The van der Waals surface area contributed by atoms with E-state index in [4.69, 9.17) is 14.8 Å². The minimum atomic E-state index is -1.35. The maximum absolute atomic E-state index is 11.7. The van der Waals surface area contributed by atoms with E-state index in [1.165, 1.54) is 18.2 Å². The molecule has 0 fully saturated rings. The van der Waals surface area contributed by atoms with Crippen molar-refractivity contribution in [2.75, 3.05) is 0 Å². The molecule has 0 aliphatic carbocycles.